The lowest BCUT2D eigenvalue weighted by atomic mass is 9.93. The molecule has 3 aromatic heterocycles. The smallest absolute Gasteiger partial charge is 0.252 e. The second-order valence-corrected chi connectivity index (χ2v) is 7.78. The highest BCUT2D eigenvalue weighted by molar-refractivity contribution is 5.59. The molecule has 0 N–H and O–H groups in total. The molecule has 6 heteroatoms. The van der Waals surface area contributed by atoms with E-state index in [1.54, 1.807) is 6.33 Å². The monoisotopic (exact) mass is 384 g/mol. The zero-order chi connectivity index (χ0) is 19.6. The molecule has 29 heavy (non-hydrogen) atoms. The molecule has 0 spiro atoms. The molecule has 1 unspecified atom stereocenters. The van der Waals surface area contributed by atoms with Crippen molar-refractivity contribution in [2.45, 2.75) is 32.2 Å². The van der Waals surface area contributed by atoms with Crippen molar-refractivity contribution >= 4 is 5.78 Å². The van der Waals surface area contributed by atoms with E-state index < -0.39 is 0 Å². The summed E-state index contributed by atoms with van der Waals surface area (Å²) in [4.78, 5) is 15.8. The summed E-state index contributed by atoms with van der Waals surface area (Å²) in [7, 11) is 0. The van der Waals surface area contributed by atoms with Crippen molar-refractivity contribution in [2.24, 2.45) is 0 Å². The van der Waals surface area contributed by atoms with Crippen molar-refractivity contribution < 1.29 is 0 Å². The largest absolute Gasteiger partial charge is 0.298 e. The third kappa shape index (κ3) is 3.76. The Morgan fingerprint density at radius 2 is 2.03 bits per heavy atom. The Hall–Kier alpha value is -3.12. The maximum Gasteiger partial charge on any atom is 0.252 e. The molecule has 1 aliphatic heterocycles. The summed E-state index contributed by atoms with van der Waals surface area (Å²) >= 11 is 0. The molecule has 0 aliphatic carbocycles. The van der Waals surface area contributed by atoms with Gasteiger partial charge in [0.15, 0.2) is 0 Å². The summed E-state index contributed by atoms with van der Waals surface area (Å²) in [6.07, 6.45) is 5.79. The molecule has 4 aromatic rings. The number of likely N-dealkylation sites (tertiary alicyclic amines) is 1. The van der Waals surface area contributed by atoms with Gasteiger partial charge in [-0.2, -0.15) is 10.1 Å². The van der Waals surface area contributed by atoms with E-state index in [1.165, 1.54) is 29.7 Å². The second-order valence-electron chi connectivity index (χ2n) is 7.78. The predicted molar refractivity (Wildman–Crippen MR) is 112 cm³/mol. The lowest BCUT2D eigenvalue weighted by Gasteiger charge is -2.33. The third-order valence-corrected chi connectivity index (χ3v) is 5.63. The van der Waals surface area contributed by atoms with Crippen LogP contribution in [0.4, 0.5) is 0 Å². The molecule has 0 amide bonds. The minimum absolute atomic E-state index is 0.439. The third-order valence-electron chi connectivity index (χ3n) is 5.63. The number of rotatable bonds is 4. The predicted octanol–water partition coefficient (Wildman–Crippen LogP) is 3.87. The number of fused-ring (bicyclic) bond motifs is 1. The molecule has 0 radical (unpaired) electrons. The number of hydrogen-bond acceptors (Lipinski definition) is 5. The molecule has 1 atom stereocenters. The van der Waals surface area contributed by atoms with Crippen LogP contribution in [-0.4, -0.2) is 42.6 Å². The van der Waals surface area contributed by atoms with Gasteiger partial charge in [-0.15, -0.1) is 0 Å². The number of hydrogen-bond donors (Lipinski definition) is 0. The summed E-state index contributed by atoms with van der Waals surface area (Å²) in [6, 6.07) is 16.9. The van der Waals surface area contributed by atoms with Crippen molar-refractivity contribution in [1.29, 1.82) is 0 Å². The lowest BCUT2D eigenvalue weighted by molar-refractivity contribution is 0.197. The highest BCUT2D eigenvalue weighted by Gasteiger charge is 2.24. The Morgan fingerprint density at radius 3 is 2.93 bits per heavy atom. The van der Waals surface area contributed by atoms with Crippen LogP contribution < -0.4 is 0 Å². The molecule has 0 bridgehead atoms. The Bertz CT molecular complexity index is 1120. The molecule has 0 saturated carbocycles. The first-order valence-corrected chi connectivity index (χ1v) is 10.2. The number of piperidine rings is 1. The lowest BCUT2D eigenvalue weighted by Crippen LogP contribution is -2.34. The van der Waals surface area contributed by atoms with Crippen LogP contribution in [0.3, 0.4) is 0 Å². The minimum Gasteiger partial charge on any atom is -0.298 e. The van der Waals surface area contributed by atoms with Crippen molar-refractivity contribution in [3.63, 3.8) is 0 Å². The summed E-state index contributed by atoms with van der Waals surface area (Å²) in [6.45, 7) is 5.12. The Morgan fingerprint density at radius 1 is 1.07 bits per heavy atom. The van der Waals surface area contributed by atoms with Crippen LogP contribution in [0.1, 0.15) is 35.7 Å². The van der Waals surface area contributed by atoms with E-state index in [1.807, 2.05) is 29.8 Å². The number of aryl methyl sites for hydroxylation is 1. The van der Waals surface area contributed by atoms with Crippen LogP contribution in [0.25, 0.3) is 17.0 Å². The Balaban J connectivity index is 1.36. The summed E-state index contributed by atoms with van der Waals surface area (Å²) in [5.41, 5.74) is 5.74. The topological polar surface area (TPSA) is 59.2 Å². The highest BCUT2D eigenvalue weighted by Crippen LogP contribution is 2.28. The van der Waals surface area contributed by atoms with E-state index in [9.17, 15) is 0 Å². The summed E-state index contributed by atoms with van der Waals surface area (Å²) < 4.78 is 1.91. The first-order chi connectivity index (χ1) is 14.3. The van der Waals surface area contributed by atoms with Crippen LogP contribution in [0.2, 0.25) is 0 Å². The fourth-order valence-electron chi connectivity index (χ4n) is 4.31. The Kier molecular flexibility index (Phi) is 4.77. The zero-order valence-electron chi connectivity index (χ0n) is 16.6. The van der Waals surface area contributed by atoms with E-state index >= 15 is 0 Å². The van der Waals surface area contributed by atoms with Crippen molar-refractivity contribution in [3.05, 3.63) is 78.0 Å². The average molecular weight is 384 g/mol. The SMILES string of the molecule is Cc1cc(C2CCCN(Cc3cccc(-c4ccccn4)c3)C2)n2ncnc2n1. The standard InChI is InChI=1S/C23H24N6/c1-17-12-22(29-23(27-17)25-16-26-29)20-8-5-11-28(15-20)14-18-6-4-7-19(13-18)21-9-2-3-10-24-21/h2-4,6-7,9-10,12-13,16,20H,5,8,11,14-15H2,1H3. The van der Waals surface area contributed by atoms with Gasteiger partial charge in [0.2, 0.25) is 0 Å². The first-order valence-electron chi connectivity index (χ1n) is 10.2. The quantitative estimate of drug-likeness (QED) is 0.534. The van der Waals surface area contributed by atoms with Gasteiger partial charge in [0.1, 0.15) is 6.33 Å². The fraction of sp³-hybridized carbons (Fsp3) is 0.304. The van der Waals surface area contributed by atoms with Gasteiger partial charge >= 0.3 is 0 Å². The van der Waals surface area contributed by atoms with Gasteiger partial charge in [0.05, 0.1) is 11.4 Å². The van der Waals surface area contributed by atoms with Gasteiger partial charge in [-0.05, 0) is 56.1 Å². The molecule has 4 heterocycles. The zero-order valence-corrected chi connectivity index (χ0v) is 16.6. The van der Waals surface area contributed by atoms with Gasteiger partial charge in [0.25, 0.3) is 5.78 Å². The maximum atomic E-state index is 4.49. The van der Waals surface area contributed by atoms with E-state index in [4.69, 9.17) is 0 Å². The molecule has 1 aromatic carbocycles. The van der Waals surface area contributed by atoms with Crippen molar-refractivity contribution in [1.82, 2.24) is 29.5 Å². The maximum absolute atomic E-state index is 4.49. The Labute approximate surface area is 170 Å². The van der Waals surface area contributed by atoms with Crippen molar-refractivity contribution in [2.75, 3.05) is 13.1 Å². The van der Waals surface area contributed by atoms with E-state index in [0.717, 1.165) is 31.0 Å². The van der Waals surface area contributed by atoms with Crippen LogP contribution >= 0.6 is 0 Å². The molecule has 5 rings (SSSR count). The van der Waals surface area contributed by atoms with Gasteiger partial charge in [-0.1, -0.05) is 24.3 Å². The van der Waals surface area contributed by atoms with Gasteiger partial charge in [-0.25, -0.2) is 9.50 Å². The van der Waals surface area contributed by atoms with Gasteiger partial charge < -0.3 is 0 Å². The first kappa shape index (κ1) is 17.9. The number of pyridine rings is 1. The minimum atomic E-state index is 0.439. The van der Waals surface area contributed by atoms with Crippen LogP contribution in [0.15, 0.2) is 61.1 Å². The highest BCUT2D eigenvalue weighted by atomic mass is 15.3. The second kappa shape index (κ2) is 7.72. The normalized spacial score (nSPS) is 17.6. The van der Waals surface area contributed by atoms with Crippen LogP contribution in [-0.2, 0) is 6.54 Å². The molecule has 6 nitrogen and oxygen atoms in total. The van der Waals surface area contributed by atoms with Crippen LogP contribution in [0.5, 0.6) is 0 Å². The van der Waals surface area contributed by atoms with E-state index in [2.05, 4.69) is 61.3 Å². The number of benzene rings is 1. The van der Waals surface area contributed by atoms with E-state index in [-0.39, 0.29) is 0 Å². The van der Waals surface area contributed by atoms with Crippen molar-refractivity contribution in [3.8, 4) is 11.3 Å². The molecule has 1 fully saturated rings. The molecular formula is C23H24N6. The van der Waals surface area contributed by atoms with E-state index in [0.29, 0.717) is 11.7 Å². The molecule has 1 aliphatic rings. The van der Waals surface area contributed by atoms with Gasteiger partial charge in [-0.3, -0.25) is 9.88 Å². The summed E-state index contributed by atoms with van der Waals surface area (Å²) in [5, 5.41) is 4.41. The summed E-state index contributed by atoms with van der Waals surface area (Å²) in [5.74, 6) is 1.13. The molecule has 146 valence electrons. The fourth-order valence-corrected chi connectivity index (χ4v) is 4.31. The van der Waals surface area contributed by atoms with Gasteiger partial charge in [0, 0.05) is 36.5 Å². The number of nitrogens with zero attached hydrogens (tertiary/aromatic N) is 6. The molecule has 1 saturated heterocycles. The van der Waals surface area contributed by atoms with Crippen LogP contribution in [0, 0.1) is 6.92 Å². The number of aromatic nitrogens is 5. The average Bonchev–Trinajstić information content (AvgIpc) is 3.22. The molecular weight excluding hydrogens is 360 g/mol.